The van der Waals surface area contributed by atoms with E-state index in [0.29, 0.717) is 26.1 Å². The Kier molecular flexibility index (Phi) is 5.79. The van der Waals surface area contributed by atoms with Crippen molar-refractivity contribution in [2.24, 2.45) is 0 Å². The summed E-state index contributed by atoms with van der Waals surface area (Å²) in [7, 11) is 0. The fraction of sp³-hybridized carbons (Fsp3) is 0.174. The van der Waals surface area contributed by atoms with Gasteiger partial charge in [0.25, 0.3) is 5.91 Å². The number of aryl methyl sites for hydroxylation is 1. The van der Waals surface area contributed by atoms with Gasteiger partial charge in [0, 0.05) is 29.4 Å². The van der Waals surface area contributed by atoms with Gasteiger partial charge in [-0.3, -0.25) is 9.78 Å². The summed E-state index contributed by atoms with van der Waals surface area (Å²) >= 11 is 6.24. The van der Waals surface area contributed by atoms with Gasteiger partial charge in [-0.2, -0.15) is 0 Å². The number of nitrogens with one attached hydrogen (secondary N) is 1. The van der Waals surface area contributed by atoms with Gasteiger partial charge in [-0.1, -0.05) is 61.3 Å². The number of amides is 1. The third kappa shape index (κ3) is 4.58. The molecule has 0 aliphatic carbocycles. The predicted octanol–water partition coefficient (Wildman–Crippen LogP) is 5.06. The summed E-state index contributed by atoms with van der Waals surface area (Å²) in [5.41, 5.74) is 3.65. The van der Waals surface area contributed by atoms with E-state index in [1.54, 1.807) is 18.5 Å². The fourth-order valence-corrected chi connectivity index (χ4v) is 3.99. The summed E-state index contributed by atoms with van der Waals surface area (Å²) in [6.45, 7) is 2.20. The highest BCUT2D eigenvalue weighted by Gasteiger charge is 2.22. The number of rotatable bonds is 4. The number of hydrogen-bond acceptors (Lipinski definition) is 5. The minimum atomic E-state index is -0.207. The van der Waals surface area contributed by atoms with Crippen molar-refractivity contribution in [3.63, 3.8) is 0 Å². The molecule has 0 unspecified atom stereocenters. The Bertz CT molecular complexity index is 1180. The second-order valence-corrected chi connectivity index (χ2v) is 8.38. The van der Waals surface area contributed by atoms with Crippen molar-refractivity contribution < 1.29 is 9.21 Å². The van der Waals surface area contributed by atoms with Crippen LogP contribution in [0.1, 0.15) is 42.2 Å². The van der Waals surface area contributed by atoms with Gasteiger partial charge in [-0.15, -0.1) is 0 Å². The van der Waals surface area contributed by atoms with Crippen molar-refractivity contribution in [2.75, 3.05) is 0 Å². The first-order valence-electron chi connectivity index (χ1n) is 9.36. The van der Waals surface area contributed by atoms with E-state index < -0.39 is 0 Å². The van der Waals surface area contributed by atoms with Crippen LogP contribution < -0.4 is 5.32 Å². The van der Waals surface area contributed by atoms with Crippen molar-refractivity contribution >= 4 is 51.3 Å². The lowest BCUT2D eigenvalue weighted by Gasteiger charge is -1.99. The molecule has 0 radical (unpaired) electrons. The Morgan fingerprint density at radius 2 is 2.07 bits per heavy atom. The lowest BCUT2D eigenvalue weighted by atomic mass is 10.1. The molecule has 1 N–H and O–H groups in total. The number of thiocarbonyl (C=S) groups is 1. The van der Waals surface area contributed by atoms with Crippen LogP contribution in [0.15, 0.2) is 52.0 Å². The Hall–Kier alpha value is -2.88. The van der Waals surface area contributed by atoms with Gasteiger partial charge in [-0.05, 0) is 36.6 Å². The van der Waals surface area contributed by atoms with Gasteiger partial charge in [0.05, 0.1) is 10.5 Å². The second kappa shape index (κ2) is 8.64. The molecule has 1 saturated heterocycles. The van der Waals surface area contributed by atoms with Crippen LogP contribution in [-0.2, 0) is 11.2 Å². The van der Waals surface area contributed by atoms with E-state index in [-0.39, 0.29) is 5.91 Å². The van der Waals surface area contributed by atoms with E-state index >= 15 is 0 Å². The number of pyridine rings is 1. The van der Waals surface area contributed by atoms with E-state index in [1.165, 1.54) is 30.2 Å². The Balaban J connectivity index is 1.60. The molecule has 0 atom stereocenters. The molecule has 1 amide bonds. The SMILES string of the molecule is CCCCc1ccc(C#Cc2cncc3cc(/C=C4/SC(=S)NC4=O)oc23)cc1. The zero-order chi connectivity index (χ0) is 20.2. The molecule has 1 aliphatic rings. The first kappa shape index (κ1) is 19.4. The van der Waals surface area contributed by atoms with E-state index in [1.807, 2.05) is 18.2 Å². The lowest BCUT2D eigenvalue weighted by Crippen LogP contribution is -2.17. The maximum Gasteiger partial charge on any atom is 0.263 e. The lowest BCUT2D eigenvalue weighted by molar-refractivity contribution is -0.115. The number of carbonyl (C=O) groups is 1. The molecule has 1 fully saturated rings. The van der Waals surface area contributed by atoms with E-state index in [4.69, 9.17) is 16.6 Å². The Morgan fingerprint density at radius 3 is 2.79 bits per heavy atom. The molecule has 0 spiro atoms. The van der Waals surface area contributed by atoms with Crippen molar-refractivity contribution in [1.82, 2.24) is 10.3 Å². The molecule has 6 heteroatoms. The molecular weight excluding hydrogens is 400 g/mol. The second-order valence-electron chi connectivity index (χ2n) is 6.66. The van der Waals surface area contributed by atoms with E-state index in [0.717, 1.165) is 17.4 Å². The van der Waals surface area contributed by atoms with Gasteiger partial charge >= 0.3 is 0 Å². The summed E-state index contributed by atoms with van der Waals surface area (Å²) in [4.78, 5) is 16.6. The highest BCUT2D eigenvalue weighted by atomic mass is 32.2. The number of benzene rings is 1. The molecular formula is C23H18N2O2S2. The summed E-state index contributed by atoms with van der Waals surface area (Å²) in [6, 6.07) is 10.2. The first-order chi connectivity index (χ1) is 14.1. The van der Waals surface area contributed by atoms with Crippen molar-refractivity contribution in [3.05, 3.63) is 70.1 Å². The summed E-state index contributed by atoms with van der Waals surface area (Å²) < 4.78 is 6.39. The number of nitrogens with zero attached hydrogens (tertiary/aromatic N) is 1. The number of thioether (sulfide) groups is 1. The molecule has 1 aromatic carbocycles. The molecule has 29 heavy (non-hydrogen) atoms. The highest BCUT2D eigenvalue weighted by molar-refractivity contribution is 8.26. The topological polar surface area (TPSA) is 55.1 Å². The van der Waals surface area contributed by atoms with E-state index in [2.05, 4.69) is 41.2 Å². The van der Waals surface area contributed by atoms with Crippen LogP contribution in [-0.4, -0.2) is 15.2 Å². The number of aromatic nitrogens is 1. The number of carbonyl (C=O) groups excluding carboxylic acids is 1. The van der Waals surface area contributed by atoms with Gasteiger partial charge in [-0.25, -0.2) is 0 Å². The molecule has 4 nitrogen and oxygen atoms in total. The largest absolute Gasteiger partial charge is 0.455 e. The average molecular weight is 419 g/mol. The summed E-state index contributed by atoms with van der Waals surface area (Å²) in [5.74, 6) is 6.70. The molecule has 4 rings (SSSR count). The molecule has 1 aliphatic heterocycles. The van der Waals surface area contributed by atoms with Crippen molar-refractivity contribution in [3.8, 4) is 11.8 Å². The van der Waals surface area contributed by atoms with Crippen molar-refractivity contribution in [2.45, 2.75) is 26.2 Å². The van der Waals surface area contributed by atoms with Crippen LogP contribution in [0.25, 0.3) is 17.0 Å². The van der Waals surface area contributed by atoms with Crippen LogP contribution in [0.4, 0.5) is 0 Å². The Labute approximate surface area is 178 Å². The predicted molar refractivity (Wildman–Crippen MR) is 121 cm³/mol. The number of hydrogen-bond donors (Lipinski definition) is 1. The Morgan fingerprint density at radius 1 is 1.24 bits per heavy atom. The zero-order valence-corrected chi connectivity index (χ0v) is 17.5. The van der Waals surface area contributed by atoms with Crippen LogP contribution in [0.2, 0.25) is 0 Å². The molecule has 0 saturated carbocycles. The van der Waals surface area contributed by atoms with Crippen LogP contribution in [0, 0.1) is 11.8 Å². The molecule has 144 valence electrons. The summed E-state index contributed by atoms with van der Waals surface area (Å²) in [6.07, 6.45) is 8.58. The van der Waals surface area contributed by atoms with Gasteiger partial charge in [0.15, 0.2) is 5.58 Å². The molecule has 0 bridgehead atoms. The summed E-state index contributed by atoms with van der Waals surface area (Å²) in [5, 5.41) is 3.43. The average Bonchev–Trinajstić information content (AvgIpc) is 3.27. The minimum Gasteiger partial charge on any atom is -0.455 e. The maximum absolute atomic E-state index is 11.8. The monoisotopic (exact) mass is 418 g/mol. The number of fused-ring (bicyclic) bond motifs is 1. The van der Waals surface area contributed by atoms with Crippen molar-refractivity contribution in [1.29, 1.82) is 0 Å². The van der Waals surface area contributed by atoms with Gasteiger partial charge in [0.1, 0.15) is 10.1 Å². The molecule has 3 heterocycles. The fourth-order valence-electron chi connectivity index (χ4n) is 2.97. The third-order valence-electron chi connectivity index (χ3n) is 4.47. The molecule has 3 aromatic rings. The molecule has 2 aromatic heterocycles. The van der Waals surface area contributed by atoms with Gasteiger partial charge < -0.3 is 9.73 Å². The third-order valence-corrected chi connectivity index (χ3v) is 5.63. The first-order valence-corrected chi connectivity index (χ1v) is 10.6. The highest BCUT2D eigenvalue weighted by Crippen LogP contribution is 2.29. The van der Waals surface area contributed by atoms with Crippen LogP contribution in [0.3, 0.4) is 0 Å². The maximum atomic E-state index is 11.8. The number of unbranched alkanes of at least 4 members (excludes halogenated alkanes) is 1. The minimum absolute atomic E-state index is 0.207. The smallest absolute Gasteiger partial charge is 0.263 e. The normalized spacial score (nSPS) is 14.9. The zero-order valence-electron chi connectivity index (χ0n) is 15.8. The number of furan rings is 1. The standard InChI is InChI=1S/C23H18N2O2S2/c1-2-3-4-15-5-7-16(8-6-15)9-10-17-13-24-14-18-11-19(27-21(17)18)12-20-22(26)25-23(28)29-20/h5-8,11-14H,2-4H2,1H3,(H,25,26,28)/b20-12+. The van der Waals surface area contributed by atoms with Gasteiger partial charge in [0.2, 0.25) is 0 Å². The van der Waals surface area contributed by atoms with Crippen LogP contribution >= 0.6 is 24.0 Å². The quantitative estimate of drug-likeness (QED) is 0.365. The van der Waals surface area contributed by atoms with E-state index in [9.17, 15) is 4.79 Å². The van der Waals surface area contributed by atoms with Crippen LogP contribution in [0.5, 0.6) is 0 Å².